The van der Waals surface area contributed by atoms with E-state index in [0.717, 1.165) is 45.7 Å². The van der Waals surface area contributed by atoms with E-state index in [4.69, 9.17) is 6.42 Å². The molecule has 94 valence electrons. The van der Waals surface area contributed by atoms with Crippen LogP contribution in [-0.4, -0.2) is 61.5 Å². The summed E-state index contributed by atoms with van der Waals surface area (Å²) in [6.45, 7) is 6.27. The van der Waals surface area contributed by atoms with Crippen molar-refractivity contribution >= 4 is 5.91 Å². The molecule has 4 nitrogen and oxygen atoms in total. The van der Waals surface area contributed by atoms with Crippen molar-refractivity contribution in [2.75, 3.05) is 45.8 Å². The van der Waals surface area contributed by atoms with Crippen LogP contribution < -0.4 is 5.32 Å². The van der Waals surface area contributed by atoms with Crippen LogP contribution in [0.25, 0.3) is 0 Å². The van der Waals surface area contributed by atoms with Crippen LogP contribution in [0.15, 0.2) is 0 Å². The van der Waals surface area contributed by atoms with Crippen molar-refractivity contribution in [2.45, 2.75) is 12.8 Å². The van der Waals surface area contributed by atoms with Crippen molar-refractivity contribution in [3.05, 3.63) is 0 Å². The number of hydrogen-bond acceptors (Lipinski definition) is 3. The van der Waals surface area contributed by atoms with Crippen LogP contribution in [0.5, 0.6) is 0 Å². The standard InChI is InChI=1S/C13H21N3O/c1-2-5-15-6-8-16(9-7-15)13(17)10-12-3-4-14-11-12/h1,12,14H,3-11H2. The van der Waals surface area contributed by atoms with Gasteiger partial charge in [0.05, 0.1) is 6.54 Å². The summed E-state index contributed by atoms with van der Waals surface area (Å²) in [6, 6.07) is 0. The molecule has 2 aliphatic heterocycles. The molecule has 2 heterocycles. The Labute approximate surface area is 103 Å². The zero-order valence-corrected chi connectivity index (χ0v) is 10.3. The molecule has 1 amide bonds. The van der Waals surface area contributed by atoms with Gasteiger partial charge in [-0.25, -0.2) is 0 Å². The molecule has 0 spiro atoms. The van der Waals surface area contributed by atoms with Gasteiger partial charge in [-0.1, -0.05) is 5.92 Å². The van der Waals surface area contributed by atoms with Gasteiger partial charge in [0.15, 0.2) is 0 Å². The third kappa shape index (κ3) is 3.45. The van der Waals surface area contributed by atoms with Crippen molar-refractivity contribution < 1.29 is 4.79 Å². The molecule has 2 saturated heterocycles. The van der Waals surface area contributed by atoms with Gasteiger partial charge in [0.1, 0.15) is 0 Å². The number of carbonyl (C=O) groups excluding carboxylic acids is 1. The summed E-state index contributed by atoms with van der Waals surface area (Å²) in [7, 11) is 0. The monoisotopic (exact) mass is 235 g/mol. The summed E-state index contributed by atoms with van der Waals surface area (Å²) in [5, 5.41) is 3.30. The molecule has 0 saturated carbocycles. The van der Waals surface area contributed by atoms with Crippen LogP contribution in [0, 0.1) is 18.3 Å². The maximum absolute atomic E-state index is 12.1. The normalized spacial score (nSPS) is 25.8. The molecule has 1 atom stereocenters. The van der Waals surface area contributed by atoms with E-state index in [2.05, 4.69) is 16.1 Å². The van der Waals surface area contributed by atoms with Gasteiger partial charge >= 0.3 is 0 Å². The maximum Gasteiger partial charge on any atom is 0.222 e. The summed E-state index contributed by atoms with van der Waals surface area (Å²) in [4.78, 5) is 16.3. The Bertz CT molecular complexity index is 296. The molecular weight excluding hydrogens is 214 g/mol. The molecule has 0 aliphatic carbocycles. The highest BCUT2D eigenvalue weighted by atomic mass is 16.2. The quantitative estimate of drug-likeness (QED) is 0.686. The first-order chi connectivity index (χ1) is 8.29. The van der Waals surface area contributed by atoms with Gasteiger partial charge in [0, 0.05) is 32.6 Å². The summed E-state index contributed by atoms with van der Waals surface area (Å²) < 4.78 is 0. The van der Waals surface area contributed by atoms with Gasteiger partial charge in [-0.2, -0.15) is 0 Å². The van der Waals surface area contributed by atoms with Crippen molar-refractivity contribution in [3.8, 4) is 12.3 Å². The van der Waals surface area contributed by atoms with Gasteiger partial charge in [-0.3, -0.25) is 9.69 Å². The molecule has 2 fully saturated rings. The lowest BCUT2D eigenvalue weighted by atomic mass is 10.0. The largest absolute Gasteiger partial charge is 0.340 e. The lowest BCUT2D eigenvalue weighted by Gasteiger charge is -2.34. The van der Waals surface area contributed by atoms with Gasteiger partial charge in [-0.15, -0.1) is 6.42 Å². The molecule has 0 radical (unpaired) electrons. The maximum atomic E-state index is 12.1. The number of terminal acetylenes is 1. The Hall–Kier alpha value is -1.05. The molecule has 4 heteroatoms. The fourth-order valence-electron chi connectivity index (χ4n) is 2.55. The van der Waals surface area contributed by atoms with E-state index in [1.807, 2.05) is 4.90 Å². The zero-order chi connectivity index (χ0) is 12.1. The highest BCUT2D eigenvalue weighted by Gasteiger charge is 2.24. The average molecular weight is 235 g/mol. The van der Waals surface area contributed by atoms with Crippen molar-refractivity contribution in [1.29, 1.82) is 0 Å². The van der Waals surface area contributed by atoms with Crippen LogP contribution in [0.3, 0.4) is 0 Å². The van der Waals surface area contributed by atoms with E-state index in [0.29, 0.717) is 24.8 Å². The lowest BCUT2D eigenvalue weighted by Crippen LogP contribution is -2.49. The van der Waals surface area contributed by atoms with Crippen LogP contribution in [0.1, 0.15) is 12.8 Å². The van der Waals surface area contributed by atoms with Crippen LogP contribution in [0.4, 0.5) is 0 Å². The summed E-state index contributed by atoms with van der Waals surface area (Å²) in [5.41, 5.74) is 0. The molecule has 17 heavy (non-hydrogen) atoms. The number of amides is 1. The Balaban J connectivity index is 1.72. The zero-order valence-electron chi connectivity index (χ0n) is 10.3. The highest BCUT2D eigenvalue weighted by Crippen LogP contribution is 2.14. The number of nitrogens with zero attached hydrogens (tertiary/aromatic N) is 2. The average Bonchev–Trinajstić information content (AvgIpc) is 2.83. The van der Waals surface area contributed by atoms with Gasteiger partial charge < -0.3 is 10.2 Å². The first kappa shape index (κ1) is 12.4. The second-order valence-electron chi connectivity index (χ2n) is 4.92. The van der Waals surface area contributed by atoms with E-state index in [-0.39, 0.29) is 0 Å². The smallest absolute Gasteiger partial charge is 0.222 e. The predicted octanol–water partition coefficient (Wildman–Crippen LogP) is -0.237. The Morgan fingerprint density at radius 1 is 1.35 bits per heavy atom. The number of carbonyl (C=O) groups is 1. The second kappa shape index (κ2) is 6.04. The number of rotatable bonds is 3. The fraction of sp³-hybridized carbons (Fsp3) is 0.769. The Kier molecular flexibility index (Phi) is 4.41. The van der Waals surface area contributed by atoms with Gasteiger partial charge in [0.25, 0.3) is 0 Å². The fourth-order valence-corrected chi connectivity index (χ4v) is 2.55. The SMILES string of the molecule is C#CCN1CCN(C(=O)CC2CCNC2)CC1. The molecule has 2 aliphatic rings. The van der Waals surface area contributed by atoms with Crippen LogP contribution >= 0.6 is 0 Å². The molecular formula is C13H21N3O. The van der Waals surface area contributed by atoms with E-state index < -0.39 is 0 Å². The van der Waals surface area contributed by atoms with Crippen molar-refractivity contribution in [1.82, 2.24) is 15.1 Å². The Morgan fingerprint density at radius 2 is 2.12 bits per heavy atom. The summed E-state index contributed by atoms with van der Waals surface area (Å²) >= 11 is 0. The van der Waals surface area contributed by atoms with E-state index >= 15 is 0 Å². The number of piperazine rings is 1. The third-order valence-corrected chi connectivity index (χ3v) is 3.67. The lowest BCUT2D eigenvalue weighted by molar-refractivity contribution is -0.133. The minimum Gasteiger partial charge on any atom is -0.340 e. The van der Waals surface area contributed by atoms with E-state index in [1.54, 1.807) is 0 Å². The van der Waals surface area contributed by atoms with Gasteiger partial charge in [-0.05, 0) is 25.4 Å². The van der Waals surface area contributed by atoms with Gasteiger partial charge in [0.2, 0.25) is 5.91 Å². The molecule has 1 unspecified atom stereocenters. The predicted molar refractivity (Wildman–Crippen MR) is 67.4 cm³/mol. The molecule has 0 aromatic rings. The van der Waals surface area contributed by atoms with E-state index in [9.17, 15) is 4.79 Å². The minimum absolute atomic E-state index is 0.319. The summed E-state index contributed by atoms with van der Waals surface area (Å²) in [6.07, 6.45) is 7.14. The Morgan fingerprint density at radius 3 is 2.71 bits per heavy atom. The molecule has 0 aromatic heterocycles. The van der Waals surface area contributed by atoms with Crippen LogP contribution in [-0.2, 0) is 4.79 Å². The van der Waals surface area contributed by atoms with E-state index in [1.165, 1.54) is 0 Å². The molecule has 1 N–H and O–H groups in total. The summed E-state index contributed by atoms with van der Waals surface area (Å²) in [5.74, 6) is 3.52. The number of nitrogens with one attached hydrogen (secondary N) is 1. The third-order valence-electron chi connectivity index (χ3n) is 3.67. The molecule has 2 rings (SSSR count). The highest BCUT2D eigenvalue weighted by molar-refractivity contribution is 5.76. The van der Waals surface area contributed by atoms with Crippen LogP contribution in [0.2, 0.25) is 0 Å². The first-order valence-electron chi connectivity index (χ1n) is 6.44. The number of hydrogen-bond donors (Lipinski definition) is 1. The van der Waals surface area contributed by atoms with Crippen molar-refractivity contribution in [2.24, 2.45) is 5.92 Å². The molecule has 0 bridgehead atoms. The topological polar surface area (TPSA) is 35.6 Å². The minimum atomic E-state index is 0.319. The first-order valence-corrected chi connectivity index (χ1v) is 6.44. The molecule has 0 aromatic carbocycles. The van der Waals surface area contributed by atoms with Crippen molar-refractivity contribution in [3.63, 3.8) is 0 Å². The second-order valence-corrected chi connectivity index (χ2v) is 4.92.